The minimum Gasteiger partial charge on any atom is -0.308 e. The number of hydrogen-bond acceptors (Lipinski definition) is 3. The zero-order valence-electron chi connectivity index (χ0n) is 31.7. The average molecular weight is 784 g/mol. The highest BCUT2D eigenvalue weighted by Crippen LogP contribution is 2.51. The van der Waals surface area contributed by atoms with Crippen LogP contribution in [-0.2, 0) is 0 Å². The van der Waals surface area contributed by atoms with Crippen LogP contribution in [0.15, 0.2) is 158 Å². The summed E-state index contributed by atoms with van der Waals surface area (Å²) in [6, 6.07) is 58.9. The molecule has 0 aliphatic rings. The minimum absolute atomic E-state index is 0.985. The monoisotopic (exact) mass is 783 g/mol. The van der Waals surface area contributed by atoms with Gasteiger partial charge in [0.15, 0.2) is 0 Å². The van der Waals surface area contributed by atoms with Crippen molar-refractivity contribution in [2.45, 2.75) is 6.92 Å². The lowest BCUT2D eigenvalue weighted by molar-refractivity contribution is 1.08. The van der Waals surface area contributed by atoms with E-state index in [1.807, 2.05) is 22.7 Å². The molecule has 0 aliphatic carbocycles. The highest BCUT2D eigenvalue weighted by atomic mass is 32.1. The number of nitrogens with zero attached hydrogens (tertiary/aromatic N) is 3. The van der Waals surface area contributed by atoms with Crippen molar-refractivity contribution in [2.24, 2.45) is 0 Å². The van der Waals surface area contributed by atoms with Crippen molar-refractivity contribution in [3.8, 4) is 16.9 Å². The van der Waals surface area contributed by atoms with Gasteiger partial charge in [-0.3, -0.25) is 4.57 Å². The number of para-hydroxylation sites is 1. The van der Waals surface area contributed by atoms with Crippen LogP contribution in [-0.4, -0.2) is 14.0 Å². The molecular formula is C54H29N3S2. The van der Waals surface area contributed by atoms with Crippen molar-refractivity contribution >= 4 is 145 Å². The Kier molecular flexibility index (Phi) is 5.63. The number of benzene rings is 9. The zero-order valence-corrected chi connectivity index (χ0v) is 33.3. The molecule has 0 atom stereocenters. The van der Waals surface area contributed by atoms with Gasteiger partial charge in [0.1, 0.15) is 5.82 Å². The predicted octanol–water partition coefficient (Wildman–Crippen LogP) is 15.8. The molecule has 0 saturated carbocycles. The molecule has 0 bridgehead atoms. The molecule has 6 heterocycles. The maximum atomic E-state index is 5.77. The van der Waals surface area contributed by atoms with Crippen LogP contribution in [0.2, 0.25) is 0 Å². The standard InChI is InChI=1S/C54H29N3S2/c1-28-46(29-21-22-34-32-13-3-2-11-30(32)31-12-4-5-14-33(31)38(34)27-29)53-51(37-16-7-9-20-43(37)59-53)55-54(28)57-41-19-10-18-40-47(41)48-42(57)24-26-44-49(48)50-45(58-44)25-23-36-35-15-6-8-17-39(35)56(40)52(36)50/h2-27H,1H3. The summed E-state index contributed by atoms with van der Waals surface area (Å²) in [4.78, 5) is 5.77. The van der Waals surface area contributed by atoms with Crippen LogP contribution in [0.25, 0.3) is 139 Å². The quantitative estimate of drug-likeness (QED) is 0.160. The van der Waals surface area contributed by atoms with Crippen LogP contribution >= 0.6 is 22.7 Å². The Morgan fingerprint density at radius 2 is 1.03 bits per heavy atom. The minimum atomic E-state index is 0.985. The van der Waals surface area contributed by atoms with Crippen molar-refractivity contribution in [2.75, 3.05) is 0 Å². The summed E-state index contributed by atoms with van der Waals surface area (Å²) in [5, 5.41) is 16.9. The second-order valence-electron chi connectivity index (χ2n) is 16.2. The predicted molar refractivity (Wildman–Crippen MR) is 255 cm³/mol. The Labute approximate surface area is 343 Å². The summed E-state index contributed by atoms with van der Waals surface area (Å²) in [6.45, 7) is 2.30. The van der Waals surface area contributed by atoms with Gasteiger partial charge < -0.3 is 4.40 Å². The van der Waals surface area contributed by atoms with Crippen LogP contribution < -0.4 is 0 Å². The largest absolute Gasteiger partial charge is 0.308 e. The van der Waals surface area contributed by atoms with E-state index in [2.05, 4.69) is 174 Å². The van der Waals surface area contributed by atoms with Gasteiger partial charge in [0.05, 0.1) is 37.8 Å². The van der Waals surface area contributed by atoms with Gasteiger partial charge in [-0.15, -0.1) is 22.7 Å². The Morgan fingerprint density at radius 1 is 0.424 bits per heavy atom. The number of hydrogen-bond donors (Lipinski definition) is 0. The fourth-order valence-corrected chi connectivity index (χ4v) is 13.4. The maximum absolute atomic E-state index is 5.77. The second kappa shape index (κ2) is 10.7. The number of aromatic nitrogens is 3. The molecule has 0 unspecified atom stereocenters. The third kappa shape index (κ3) is 3.69. The number of fused-ring (bicyclic) bond motifs is 13. The smallest absolute Gasteiger partial charge is 0.141 e. The SMILES string of the molecule is Cc1c(-n2c3ccc4sc5ccc6c7ccccc7n7c8cccc2c8c3c4c5c67)nc2c(sc3ccccc32)c1-c1ccc2c3ccccc3c3ccccc3c2c1. The maximum Gasteiger partial charge on any atom is 0.141 e. The van der Waals surface area contributed by atoms with E-state index in [1.54, 1.807) is 0 Å². The van der Waals surface area contributed by atoms with E-state index in [9.17, 15) is 0 Å². The molecule has 272 valence electrons. The number of pyridine rings is 1. The van der Waals surface area contributed by atoms with Gasteiger partial charge in [0.25, 0.3) is 0 Å². The molecule has 59 heavy (non-hydrogen) atoms. The van der Waals surface area contributed by atoms with Gasteiger partial charge in [0.2, 0.25) is 0 Å². The fourth-order valence-electron chi connectivity index (χ4n) is 11.0. The molecule has 0 fully saturated rings. The van der Waals surface area contributed by atoms with Gasteiger partial charge in [-0.25, -0.2) is 4.98 Å². The molecule has 15 aromatic rings. The van der Waals surface area contributed by atoms with Crippen LogP contribution in [0.5, 0.6) is 0 Å². The Bertz CT molecular complexity index is 4290. The molecule has 9 aromatic carbocycles. The first-order valence-electron chi connectivity index (χ1n) is 20.2. The van der Waals surface area contributed by atoms with Gasteiger partial charge in [-0.05, 0) is 93.3 Å². The van der Waals surface area contributed by atoms with E-state index in [1.165, 1.54) is 133 Å². The number of rotatable bonds is 2. The second-order valence-corrected chi connectivity index (χ2v) is 18.3. The Balaban J connectivity index is 1.13. The van der Waals surface area contributed by atoms with Crippen molar-refractivity contribution in [3.05, 3.63) is 163 Å². The highest BCUT2D eigenvalue weighted by Gasteiger charge is 2.28. The molecule has 5 heteroatoms. The first kappa shape index (κ1) is 31.0. The van der Waals surface area contributed by atoms with Gasteiger partial charge in [0, 0.05) is 62.9 Å². The van der Waals surface area contributed by atoms with Gasteiger partial charge in [-0.1, -0.05) is 109 Å². The summed E-state index contributed by atoms with van der Waals surface area (Å²) in [5.41, 5.74) is 10.9. The summed E-state index contributed by atoms with van der Waals surface area (Å²) in [5.74, 6) is 0.985. The molecule has 0 N–H and O–H groups in total. The Morgan fingerprint density at radius 3 is 1.85 bits per heavy atom. The van der Waals surface area contributed by atoms with Crippen LogP contribution in [0.1, 0.15) is 5.56 Å². The van der Waals surface area contributed by atoms with Crippen molar-refractivity contribution in [1.82, 2.24) is 14.0 Å². The summed E-state index contributed by atoms with van der Waals surface area (Å²) in [7, 11) is 0. The van der Waals surface area contributed by atoms with E-state index in [0.717, 1.165) is 11.3 Å². The first-order valence-corrected chi connectivity index (χ1v) is 21.9. The third-order valence-corrected chi connectivity index (χ3v) is 15.7. The molecule has 3 nitrogen and oxygen atoms in total. The van der Waals surface area contributed by atoms with E-state index in [0.29, 0.717) is 0 Å². The molecule has 6 aromatic heterocycles. The van der Waals surface area contributed by atoms with E-state index < -0.39 is 0 Å². The molecule has 0 spiro atoms. The lowest BCUT2D eigenvalue weighted by atomic mass is 9.91. The topological polar surface area (TPSA) is 22.2 Å². The Hall–Kier alpha value is -7.05. The lowest BCUT2D eigenvalue weighted by Crippen LogP contribution is -2.03. The molecule has 0 aliphatic heterocycles. The van der Waals surface area contributed by atoms with E-state index >= 15 is 0 Å². The average Bonchev–Trinajstić information content (AvgIpc) is 4.01. The molecule has 0 saturated heterocycles. The fraction of sp³-hybridized carbons (Fsp3) is 0.0185. The number of thiophene rings is 2. The van der Waals surface area contributed by atoms with Crippen molar-refractivity contribution in [3.63, 3.8) is 0 Å². The first-order chi connectivity index (χ1) is 29.2. The summed E-state index contributed by atoms with van der Waals surface area (Å²) in [6.07, 6.45) is 0. The lowest BCUT2D eigenvalue weighted by Gasteiger charge is -2.17. The molecular weight excluding hydrogens is 755 g/mol. The van der Waals surface area contributed by atoms with Gasteiger partial charge >= 0.3 is 0 Å². The third-order valence-electron chi connectivity index (χ3n) is 13.4. The zero-order chi connectivity index (χ0) is 38.2. The van der Waals surface area contributed by atoms with Gasteiger partial charge in [-0.2, -0.15) is 0 Å². The van der Waals surface area contributed by atoms with E-state index in [-0.39, 0.29) is 0 Å². The highest BCUT2D eigenvalue weighted by molar-refractivity contribution is 7.26. The summed E-state index contributed by atoms with van der Waals surface area (Å²) < 4.78 is 10.2. The van der Waals surface area contributed by atoms with E-state index in [4.69, 9.17) is 4.98 Å². The molecule has 0 radical (unpaired) electrons. The van der Waals surface area contributed by atoms with Crippen LogP contribution in [0.3, 0.4) is 0 Å². The molecule has 0 amide bonds. The normalized spacial score (nSPS) is 12.8. The molecule has 15 rings (SSSR count). The summed E-state index contributed by atoms with van der Waals surface area (Å²) >= 11 is 3.77. The van der Waals surface area contributed by atoms with Crippen LogP contribution in [0, 0.1) is 6.92 Å². The van der Waals surface area contributed by atoms with Crippen molar-refractivity contribution in [1.29, 1.82) is 0 Å². The van der Waals surface area contributed by atoms with Crippen molar-refractivity contribution < 1.29 is 0 Å². The van der Waals surface area contributed by atoms with Crippen LogP contribution in [0.4, 0.5) is 0 Å².